The van der Waals surface area contributed by atoms with Gasteiger partial charge in [-0.25, -0.2) is 14.8 Å². The summed E-state index contributed by atoms with van der Waals surface area (Å²) in [6.45, 7) is 6.05. The second-order valence-electron chi connectivity index (χ2n) is 6.73. The highest BCUT2D eigenvalue weighted by Crippen LogP contribution is 2.27. The van der Waals surface area contributed by atoms with Crippen molar-refractivity contribution in [1.82, 2.24) is 19.8 Å². The molecule has 0 aliphatic carbocycles. The molecule has 0 saturated carbocycles. The lowest BCUT2D eigenvalue weighted by atomic mass is 9.98. The maximum Gasteiger partial charge on any atom is 0.410 e. The van der Waals surface area contributed by atoms with E-state index < -0.39 is 0 Å². The van der Waals surface area contributed by atoms with Crippen LogP contribution in [0.2, 0.25) is 0 Å². The van der Waals surface area contributed by atoms with Gasteiger partial charge in [-0.15, -0.1) is 0 Å². The van der Waals surface area contributed by atoms with Gasteiger partial charge < -0.3 is 9.64 Å². The Hall–Kier alpha value is -1.83. The second-order valence-corrected chi connectivity index (χ2v) is 7.67. The minimum absolute atomic E-state index is 0.0975. The highest BCUT2D eigenvalue weighted by atomic mass is 32.2. The third-order valence-corrected chi connectivity index (χ3v) is 5.65. The van der Waals surface area contributed by atoms with Crippen molar-refractivity contribution in [3.63, 3.8) is 0 Å². The van der Waals surface area contributed by atoms with Crippen molar-refractivity contribution < 1.29 is 14.3 Å². The average molecular weight is 364 g/mol. The maximum absolute atomic E-state index is 12.4. The summed E-state index contributed by atoms with van der Waals surface area (Å²) in [6.07, 6.45) is 4.74. The summed E-state index contributed by atoms with van der Waals surface area (Å²) >= 11 is 1.36. The van der Waals surface area contributed by atoms with Crippen LogP contribution in [0.5, 0.6) is 0 Å². The largest absolute Gasteiger partial charge is 0.447 e. The molecule has 0 spiro atoms. The van der Waals surface area contributed by atoms with Crippen LogP contribution in [-0.4, -0.2) is 69.3 Å². The Morgan fingerprint density at radius 3 is 2.64 bits per heavy atom. The molecule has 0 bridgehead atoms. The second kappa shape index (κ2) is 8.03. The summed E-state index contributed by atoms with van der Waals surface area (Å²) in [5.74, 6) is 0.809. The summed E-state index contributed by atoms with van der Waals surface area (Å²) in [5.41, 5.74) is 0. The molecular weight excluding hydrogens is 340 g/mol. The molecule has 0 N–H and O–H groups in total. The number of carbonyl (C=O) groups is 2. The molecule has 25 heavy (non-hydrogen) atoms. The zero-order valence-corrected chi connectivity index (χ0v) is 15.4. The highest BCUT2D eigenvalue weighted by Gasteiger charge is 2.40. The van der Waals surface area contributed by atoms with Gasteiger partial charge in [-0.3, -0.25) is 9.69 Å². The van der Waals surface area contributed by atoms with E-state index in [9.17, 15) is 9.59 Å². The zero-order valence-electron chi connectivity index (χ0n) is 14.6. The van der Waals surface area contributed by atoms with Gasteiger partial charge in [-0.1, -0.05) is 25.6 Å². The van der Waals surface area contributed by atoms with Crippen LogP contribution >= 0.6 is 11.8 Å². The molecule has 136 valence electrons. The topological polar surface area (TPSA) is 75.6 Å². The van der Waals surface area contributed by atoms with Gasteiger partial charge in [0, 0.05) is 31.5 Å². The van der Waals surface area contributed by atoms with Crippen LogP contribution in [0.4, 0.5) is 4.79 Å². The Morgan fingerprint density at radius 2 is 2.00 bits per heavy atom. The molecule has 7 nitrogen and oxygen atoms in total. The van der Waals surface area contributed by atoms with E-state index in [1.165, 1.54) is 11.8 Å². The van der Waals surface area contributed by atoms with E-state index in [0.29, 0.717) is 36.5 Å². The molecule has 8 heteroatoms. The van der Waals surface area contributed by atoms with Gasteiger partial charge in [-0.05, 0) is 24.8 Å². The fraction of sp³-hybridized carbons (Fsp3) is 0.647. The molecule has 2 saturated heterocycles. The van der Waals surface area contributed by atoms with Crippen molar-refractivity contribution >= 4 is 23.8 Å². The van der Waals surface area contributed by atoms with Crippen LogP contribution in [0.1, 0.15) is 26.7 Å². The molecular formula is C17H24N4O3S. The number of hydrogen-bond donors (Lipinski definition) is 0. The summed E-state index contributed by atoms with van der Waals surface area (Å²) < 4.78 is 5.24. The first-order chi connectivity index (χ1) is 12.1. The number of rotatable bonds is 5. The molecule has 1 aromatic heterocycles. The van der Waals surface area contributed by atoms with E-state index in [2.05, 4.69) is 23.8 Å². The first-order valence-corrected chi connectivity index (χ1v) is 9.67. The van der Waals surface area contributed by atoms with Crippen molar-refractivity contribution in [3.8, 4) is 0 Å². The van der Waals surface area contributed by atoms with Gasteiger partial charge in [0.15, 0.2) is 5.16 Å². The molecule has 2 amide bonds. The Bertz CT molecular complexity index is 605. The summed E-state index contributed by atoms with van der Waals surface area (Å²) in [6, 6.07) is 2.06. The molecule has 2 aliphatic rings. The fourth-order valence-electron chi connectivity index (χ4n) is 3.35. The number of aromatic nitrogens is 2. The lowest BCUT2D eigenvalue weighted by molar-refractivity contribution is -0.129. The van der Waals surface area contributed by atoms with E-state index in [4.69, 9.17) is 4.74 Å². The van der Waals surface area contributed by atoms with Crippen LogP contribution in [0.3, 0.4) is 0 Å². The number of amides is 2. The molecule has 0 aromatic carbocycles. The van der Waals surface area contributed by atoms with Crippen LogP contribution in [0, 0.1) is 5.92 Å². The number of ether oxygens (including phenoxy) is 1. The minimum Gasteiger partial charge on any atom is -0.447 e. The Labute approximate surface area is 152 Å². The normalized spacial score (nSPS) is 21.7. The van der Waals surface area contributed by atoms with Gasteiger partial charge in [0.1, 0.15) is 6.61 Å². The standard InChI is InChI=1S/C17H24N4O3S/c1-12(2)14-10-24-17(23)21(14)13-4-8-20(9-5-13)15(22)11-25-16-18-6-3-7-19-16/h3,6-7,12-14H,4-5,8-11H2,1-2H3. The minimum atomic E-state index is -0.208. The maximum atomic E-state index is 12.4. The molecule has 1 atom stereocenters. The Kier molecular flexibility index (Phi) is 5.78. The SMILES string of the molecule is CC(C)C1COC(=O)N1C1CCN(C(=O)CSc2ncccn2)CC1. The van der Waals surface area contributed by atoms with E-state index >= 15 is 0 Å². The van der Waals surface area contributed by atoms with Crippen LogP contribution < -0.4 is 0 Å². The number of cyclic esters (lactones) is 1. The molecule has 2 fully saturated rings. The number of carbonyl (C=O) groups excluding carboxylic acids is 2. The fourth-order valence-corrected chi connectivity index (χ4v) is 4.06. The van der Waals surface area contributed by atoms with Crippen LogP contribution in [-0.2, 0) is 9.53 Å². The van der Waals surface area contributed by atoms with Crippen molar-refractivity contribution in [1.29, 1.82) is 0 Å². The smallest absolute Gasteiger partial charge is 0.410 e. The molecule has 3 rings (SSSR count). The number of likely N-dealkylation sites (tertiary alicyclic amines) is 1. The number of piperidine rings is 1. The van der Waals surface area contributed by atoms with Crippen molar-refractivity contribution in [3.05, 3.63) is 18.5 Å². The molecule has 3 heterocycles. The van der Waals surface area contributed by atoms with Gasteiger partial charge in [-0.2, -0.15) is 0 Å². The molecule has 0 radical (unpaired) electrons. The van der Waals surface area contributed by atoms with Crippen LogP contribution in [0.25, 0.3) is 0 Å². The first-order valence-electron chi connectivity index (χ1n) is 8.69. The summed E-state index contributed by atoms with van der Waals surface area (Å²) in [5, 5.41) is 0.616. The van der Waals surface area contributed by atoms with Gasteiger partial charge in [0.05, 0.1) is 11.8 Å². The van der Waals surface area contributed by atoms with Crippen LogP contribution in [0.15, 0.2) is 23.6 Å². The predicted octanol–water partition coefficient (Wildman–Crippen LogP) is 2.04. The predicted molar refractivity (Wildman–Crippen MR) is 94.2 cm³/mol. The van der Waals surface area contributed by atoms with Crippen molar-refractivity contribution in [2.75, 3.05) is 25.4 Å². The Morgan fingerprint density at radius 1 is 1.32 bits per heavy atom. The van der Waals surface area contributed by atoms with Gasteiger partial charge in [0.25, 0.3) is 0 Å². The number of hydrogen-bond acceptors (Lipinski definition) is 6. The lowest BCUT2D eigenvalue weighted by Crippen LogP contribution is -2.51. The monoisotopic (exact) mass is 364 g/mol. The van der Waals surface area contributed by atoms with E-state index in [1.807, 2.05) is 9.80 Å². The summed E-state index contributed by atoms with van der Waals surface area (Å²) in [7, 11) is 0. The number of nitrogens with zero attached hydrogens (tertiary/aromatic N) is 4. The van der Waals surface area contributed by atoms with E-state index in [-0.39, 0.29) is 24.1 Å². The van der Waals surface area contributed by atoms with E-state index in [0.717, 1.165) is 12.8 Å². The molecule has 2 aliphatic heterocycles. The first kappa shape index (κ1) is 18.0. The Balaban J connectivity index is 1.49. The lowest BCUT2D eigenvalue weighted by Gasteiger charge is -2.38. The van der Waals surface area contributed by atoms with Gasteiger partial charge in [0.2, 0.25) is 5.91 Å². The zero-order chi connectivity index (χ0) is 17.8. The van der Waals surface area contributed by atoms with E-state index in [1.54, 1.807) is 18.5 Å². The third kappa shape index (κ3) is 4.23. The third-order valence-electron chi connectivity index (χ3n) is 4.79. The molecule has 1 aromatic rings. The van der Waals surface area contributed by atoms with Gasteiger partial charge >= 0.3 is 6.09 Å². The number of thioether (sulfide) groups is 1. The summed E-state index contributed by atoms with van der Waals surface area (Å²) in [4.78, 5) is 36.5. The average Bonchev–Trinajstić information content (AvgIpc) is 3.02. The van der Waals surface area contributed by atoms with Crippen molar-refractivity contribution in [2.45, 2.75) is 43.9 Å². The highest BCUT2D eigenvalue weighted by molar-refractivity contribution is 7.99. The van der Waals surface area contributed by atoms with Crippen molar-refractivity contribution in [2.24, 2.45) is 5.92 Å². The molecule has 1 unspecified atom stereocenters. The quantitative estimate of drug-likeness (QED) is 0.588.